The molecule has 0 aliphatic carbocycles. The summed E-state index contributed by atoms with van der Waals surface area (Å²) in [6, 6.07) is 11.4. The van der Waals surface area contributed by atoms with Crippen molar-refractivity contribution >= 4 is 17.6 Å². The van der Waals surface area contributed by atoms with Crippen LogP contribution in [-0.2, 0) is 4.79 Å². The third-order valence-corrected chi connectivity index (χ3v) is 3.13. The average Bonchev–Trinajstić information content (AvgIpc) is 2.53. The summed E-state index contributed by atoms with van der Waals surface area (Å²) in [5, 5.41) is 19.0. The summed E-state index contributed by atoms with van der Waals surface area (Å²) in [4.78, 5) is 11.5. The molecule has 5 heteroatoms. The van der Waals surface area contributed by atoms with Gasteiger partial charge in [-0.05, 0) is 41.5 Å². The molecule has 114 valence electrons. The second-order valence-corrected chi connectivity index (χ2v) is 4.53. The minimum absolute atomic E-state index is 0.00194. The van der Waals surface area contributed by atoms with Crippen LogP contribution in [-0.4, -0.2) is 30.4 Å². The normalized spacial score (nSPS) is 11.1. The van der Waals surface area contributed by atoms with Gasteiger partial charge < -0.3 is 19.7 Å². The van der Waals surface area contributed by atoms with Crippen LogP contribution in [0.3, 0.4) is 0 Å². The number of phenols is 1. The lowest BCUT2D eigenvalue weighted by Gasteiger charge is -2.07. The van der Waals surface area contributed by atoms with E-state index in [-0.39, 0.29) is 17.1 Å². The van der Waals surface area contributed by atoms with Crippen molar-refractivity contribution < 1.29 is 24.5 Å². The highest BCUT2D eigenvalue weighted by molar-refractivity contribution is 6.20. The van der Waals surface area contributed by atoms with Crippen LogP contribution in [0.25, 0.3) is 11.6 Å². The molecule has 0 atom stereocenters. The first-order valence-electron chi connectivity index (χ1n) is 6.51. The lowest BCUT2D eigenvalue weighted by Crippen LogP contribution is -2.00. The standard InChI is InChI=1S/C17H16O5/c1-21-13-5-3-4-12(10-13)14(17(19)20)8-11-6-7-15(18)16(9-11)22-2/h3-10,18H,1-2H3,(H,19,20)/b14-8-. The van der Waals surface area contributed by atoms with Gasteiger partial charge in [0.2, 0.25) is 0 Å². The first-order valence-corrected chi connectivity index (χ1v) is 6.51. The number of rotatable bonds is 5. The minimum Gasteiger partial charge on any atom is -0.504 e. The van der Waals surface area contributed by atoms with Gasteiger partial charge in [0.1, 0.15) is 5.75 Å². The van der Waals surface area contributed by atoms with Gasteiger partial charge in [0.15, 0.2) is 11.5 Å². The van der Waals surface area contributed by atoms with E-state index in [1.165, 1.54) is 26.4 Å². The van der Waals surface area contributed by atoms with Crippen LogP contribution in [0.2, 0.25) is 0 Å². The highest BCUT2D eigenvalue weighted by atomic mass is 16.5. The number of aliphatic carboxylic acids is 1. The van der Waals surface area contributed by atoms with Crippen molar-refractivity contribution in [3.63, 3.8) is 0 Å². The van der Waals surface area contributed by atoms with Gasteiger partial charge in [0.25, 0.3) is 0 Å². The van der Waals surface area contributed by atoms with Crippen LogP contribution in [0.4, 0.5) is 0 Å². The van der Waals surface area contributed by atoms with E-state index in [2.05, 4.69) is 0 Å². The summed E-state index contributed by atoms with van der Waals surface area (Å²) >= 11 is 0. The molecule has 2 N–H and O–H groups in total. The van der Waals surface area contributed by atoms with Crippen LogP contribution in [0.5, 0.6) is 17.2 Å². The number of hydrogen-bond donors (Lipinski definition) is 2. The number of benzene rings is 2. The number of aromatic hydroxyl groups is 1. The molecule has 0 spiro atoms. The Balaban J connectivity index is 2.49. The first-order chi connectivity index (χ1) is 10.5. The maximum atomic E-state index is 11.5. The van der Waals surface area contributed by atoms with Crippen LogP contribution in [0, 0.1) is 0 Å². The van der Waals surface area contributed by atoms with Crippen molar-refractivity contribution in [1.82, 2.24) is 0 Å². The van der Waals surface area contributed by atoms with Crippen molar-refractivity contribution in [3.8, 4) is 17.2 Å². The Labute approximate surface area is 128 Å². The molecule has 0 radical (unpaired) electrons. The lowest BCUT2D eigenvalue weighted by molar-refractivity contribution is -0.130. The molecule has 0 fully saturated rings. The van der Waals surface area contributed by atoms with E-state index in [4.69, 9.17) is 9.47 Å². The zero-order chi connectivity index (χ0) is 16.1. The third-order valence-electron chi connectivity index (χ3n) is 3.13. The number of carbonyl (C=O) groups is 1. The van der Waals surface area contributed by atoms with Crippen LogP contribution in [0.15, 0.2) is 42.5 Å². The molecule has 22 heavy (non-hydrogen) atoms. The Morgan fingerprint density at radius 2 is 1.86 bits per heavy atom. The molecule has 0 aliphatic heterocycles. The zero-order valence-electron chi connectivity index (χ0n) is 12.2. The highest BCUT2D eigenvalue weighted by Crippen LogP contribution is 2.29. The summed E-state index contributed by atoms with van der Waals surface area (Å²) in [7, 11) is 2.96. The summed E-state index contributed by atoms with van der Waals surface area (Å²) in [6.45, 7) is 0. The number of methoxy groups -OCH3 is 2. The molecule has 0 bridgehead atoms. The van der Waals surface area contributed by atoms with E-state index in [1.54, 1.807) is 36.4 Å². The van der Waals surface area contributed by atoms with Gasteiger partial charge in [-0.1, -0.05) is 18.2 Å². The van der Waals surface area contributed by atoms with Crippen molar-refractivity contribution in [1.29, 1.82) is 0 Å². The summed E-state index contributed by atoms with van der Waals surface area (Å²) in [5.74, 6) is -0.199. The monoisotopic (exact) mass is 300 g/mol. The molecule has 0 saturated heterocycles. The molecule has 2 aromatic rings. The Morgan fingerprint density at radius 3 is 2.50 bits per heavy atom. The topological polar surface area (TPSA) is 76.0 Å². The largest absolute Gasteiger partial charge is 0.504 e. The molecule has 0 aromatic heterocycles. The molecule has 5 nitrogen and oxygen atoms in total. The lowest BCUT2D eigenvalue weighted by atomic mass is 10.0. The highest BCUT2D eigenvalue weighted by Gasteiger charge is 2.12. The predicted octanol–water partition coefficient (Wildman–Crippen LogP) is 3.03. The molecule has 0 heterocycles. The van der Waals surface area contributed by atoms with Gasteiger partial charge >= 0.3 is 5.97 Å². The van der Waals surface area contributed by atoms with E-state index in [0.717, 1.165) is 0 Å². The SMILES string of the molecule is COc1cccc(/C(=C/c2ccc(O)c(OC)c2)C(=O)O)c1. The molecule has 2 rings (SSSR count). The van der Waals surface area contributed by atoms with Crippen molar-refractivity contribution in [2.75, 3.05) is 14.2 Å². The maximum absolute atomic E-state index is 11.5. The van der Waals surface area contributed by atoms with Gasteiger partial charge in [-0.15, -0.1) is 0 Å². The minimum atomic E-state index is -1.06. The predicted molar refractivity (Wildman–Crippen MR) is 83.2 cm³/mol. The molecular weight excluding hydrogens is 284 g/mol. The van der Waals surface area contributed by atoms with E-state index >= 15 is 0 Å². The Bertz CT molecular complexity index is 719. The fourth-order valence-electron chi connectivity index (χ4n) is 2.01. The third kappa shape index (κ3) is 3.38. The van der Waals surface area contributed by atoms with Gasteiger partial charge in [-0.2, -0.15) is 0 Å². The summed E-state index contributed by atoms with van der Waals surface area (Å²) < 4.78 is 10.1. The fourth-order valence-corrected chi connectivity index (χ4v) is 2.01. The van der Waals surface area contributed by atoms with Crippen LogP contribution >= 0.6 is 0 Å². The van der Waals surface area contributed by atoms with Crippen LogP contribution in [0.1, 0.15) is 11.1 Å². The van der Waals surface area contributed by atoms with Crippen molar-refractivity contribution in [2.24, 2.45) is 0 Å². The summed E-state index contributed by atoms with van der Waals surface area (Å²) in [5.41, 5.74) is 1.25. The molecule has 0 aliphatic rings. The van der Waals surface area contributed by atoms with Gasteiger partial charge in [0, 0.05) is 0 Å². The summed E-state index contributed by atoms with van der Waals surface area (Å²) in [6.07, 6.45) is 1.51. The van der Waals surface area contributed by atoms with E-state index < -0.39 is 5.97 Å². The second kappa shape index (κ2) is 6.67. The van der Waals surface area contributed by atoms with Gasteiger partial charge in [-0.25, -0.2) is 4.79 Å². The number of ether oxygens (including phenoxy) is 2. The average molecular weight is 300 g/mol. The van der Waals surface area contributed by atoms with Crippen molar-refractivity contribution in [3.05, 3.63) is 53.6 Å². The fraction of sp³-hybridized carbons (Fsp3) is 0.118. The smallest absolute Gasteiger partial charge is 0.336 e. The Hall–Kier alpha value is -2.95. The van der Waals surface area contributed by atoms with E-state index in [1.807, 2.05) is 0 Å². The maximum Gasteiger partial charge on any atom is 0.336 e. The van der Waals surface area contributed by atoms with E-state index in [0.29, 0.717) is 16.9 Å². The van der Waals surface area contributed by atoms with E-state index in [9.17, 15) is 15.0 Å². The number of carboxylic acids is 1. The quantitative estimate of drug-likeness (QED) is 0.655. The Morgan fingerprint density at radius 1 is 1.09 bits per heavy atom. The number of carboxylic acid groups (broad SMARTS) is 1. The molecule has 0 amide bonds. The Kier molecular flexibility index (Phi) is 4.68. The second-order valence-electron chi connectivity index (χ2n) is 4.53. The number of phenolic OH excluding ortho intramolecular Hbond substituents is 1. The molecule has 0 saturated carbocycles. The zero-order valence-corrected chi connectivity index (χ0v) is 12.2. The molecular formula is C17H16O5. The molecule has 0 unspecified atom stereocenters. The van der Waals surface area contributed by atoms with Crippen molar-refractivity contribution in [2.45, 2.75) is 0 Å². The van der Waals surface area contributed by atoms with Gasteiger partial charge in [0.05, 0.1) is 19.8 Å². The number of hydrogen-bond acceptors (Lipinski definition) is 4. The van der Waals surface area contributed by atoms with Crippen LogP contribution < -0.4 is 9.47 Å². The molecule has 2 aromatic carbocycles. The van der Waals surface area contributed by atoms with Gasteiger partial charge in [-0.3, -0.25) is 0 Å². The first kappa shape index (κ1) is 15.4.